The Balaban J connectivity index is 0.00000261. The molecule has 3 rings (SSSR count). The van der Waals surface area contributed by atoms with Gasteiger partial charge in [0, 0.05) is 19.0 Å². The van der Waals surface area contributed by atoms with E-state index in [0.29, 0.717) is 28.5 Å². The molecule has 8 heteroatoms. The molecule has 0 aliphatic carbocycles. The fourth-order valence-corrected chi connectivity index (χ4v) is 3.50. The third-order valence-electron chi connectivity index (χ3n) is 3.89. The van der Waals surface area contributed by atoms with E-state index in [2.05, 4.69) is 15.5 Å². The first-order valence-electron chi connectivity index (χ1n) is 8.19. The number of hydrogen-bond acceptors (Lipinski definition) is 5. The first-order valence-corrected chi connectivity index (χ1v) is 9.01. The molecule has 2 aromatic carbocycles. The van der Waals surface area contributed by atoms with Crippen molar-refractivity contribution in [3.63, 3.8) is 0 Å². The van der Waals surface area contributed by atoms with Gasteiger partial charge in [-0.1, -0.05) is 47.7 Å². The zero-order valence-electron chi connectivity index (χ0n) is 14.7. The van der Waals surface area contributed by atoms with Crippen LogP contribution in [0, 0.1) is 5.82 Å². The van der Waals surface area contributed by atoms with Gasteiger partial charge in [0.15, 0.2) is 0 Å². The van der Waals surface area contributed by atoms with Gasteiger partial charge in [-0.3, -0.25) is 4.79 Å². The molecule has 0 spiro atoms. The number of carbonyl (C=O) groups excluding carboxylic acids is 1. The molecule has 0 aliphatic heterocycles. The van der Waals surface area contributed by atoms with Crippen molar-refractivity contribution in [2.75, 3.05) is 0 Å². The van der Waals surface area contributed by atoms with E-state index in [1.54, 1.807) is 12.1 Å². The summed E-state index contributed by atoms with van der Waals surface area (Å²) in [7, 11) is 0. The van der Waals surface area contributed by atoms with Crippen LogP contribution in [0.5, 0.6) is 0 Å². The maximum absolute atomic E-state index is 13.4. The molecular formula is C19H20ClFN4OS. The van der Waals surface area contributed by atoms with Crippen molar-refractivity contribution in [2.24, 2.45) is 5.73 Å². The maximum atomic E-state index is 13.4. The van der Waals surface area contributed by atoms with Gasteiger partial charge in [-0.2, -0.15) is 0 Å². The Kier molecular flexibility index (Phi) is 7.41. The second kappa shape index (κ2) is 9.55. The number of benzene rings is 2. The zero-order valence-corrected chi connectivity index (χ0v) is 16.3. The molecule has 1 aromatic heterocycles. The van der Waals surface area contributed by atoms with E-state index in [0.717, 1.165) is 11.1 Å². The van der Waals surface area contributed by atoms with E-state index in [1.165, 1.54) is 30.4 Å². The summed E-state index contributed by atoms with van der Waals surface area (Å²) in [6.07, 6.45) is 0.586. The van der Waals surface area contributed by atoms with Gasteiger partial charge in [0.1, 0.15) is 15.8 Å². The van der Waals surface area contributed by atoms with Crippen LogP contribution in [0.4, 0.5) is 4.39 Å². The highest BCUT2D eigenvalue weighted by Crippen LogP contribution is 2.29. The van der Waals surface area contributed by atoms with Crippen LogP contribution in [0.1, 0.15) is 29.1 Å². The molecule has 5 nitrogen and oxygen atoms in total. The quantitative estimate of drug-likeness (QED) is 0.654. The minimum absolute atomic E-state index is 0. The van der Waals surface area contributed by atoms with E-state index in [9.17, 15) is 9.18 Å². The van der Waals surface area contributed by atoms with E-state index >= 15 is 0 Å². The molecule has 0 fully saturated rings. The lowest BCUT2D eigenvalue weighted by atomic mass is 10.0. The van der Waals surface area contributed by atoms with Gasteiger partial charge in [0.25, 0.3) is 0 Å². The molecule has 3 N–H and O–H groups in total. The highest BCUT2D eigenvalue weighted by molar-refractivity contribution is 7.14. The Hall–Kier alpha value is -2.35. The molecule has 1 unspecified atom stereocenters. The standard InChI is InChI=1S/C19H19FN4OS.ClH/c1-12(25)22-17(9-13-5-7-14(11-21)8-6-13)19-24-23-18(26-19)15-3-2-4-16(20)10-15;/h2-8,10,17H,9,11,21H2,1H3,(H,22,25);1H. The van der Waals surface area contributed by atoms with Gasteiger partial charge in [0.05, 0.1) is 6.04 Å². The largest absolute Gasteiger partial charge is 0.347 e. The summed E-state index contributed by atoms with van der Waals surface area (Å²) in [6, 6.07) is 13.9. The van der Waals surface area contributed by atoms with Crippen LogP contribution in [0.2, 0.25) is 0 Å². The summed E-state index contributed by atoms with van der Waals surface area (Å²) in [5.41, 5.74) is 8.40. The molecule has 0 bridgehead atoms. The lowest BCUT2D eigenvalue weighted by Gasteiger charge is -2.15. The monoisotopic (exact) mass is 406 g/mol. The van der Waals surface area contributed by atoms with Crippen molar-refractivity contribution >= 4 is 29.7 Å². The Morgan fingerprint density at radius 2 is 1.89 bits per heavy atom. The number of nitrogens with one attached hydrogen (secondary N) is 1. The summed E-state index contributed by atoms with van der Waals surface area (Å²) in [6.45, 7) is 1.96. The fraction of sp³-hybridized carbons (Fsp3) is 0.211. The summed E-state index contributed by atoms with van der Waals surface area (Å²) in [5, 5.41) is 12.6. The highest BCUT2D eigenvalue weighted by atomic mass is 35.5. The average Bonchev–Trinajstić information content (AvgIpc) is 3.11. The van der Waals surface area contributed by atoms with Crippen LogP contribution in [-0.4, -0.2) is 16.1 Å². The third kappa shape index (κ3) is 5.56. The van der Waals surface area contributed by atoms with Crippen molar-refractivity contribution in [1.29, 1.82) is 0 Å². The summed E-state index contributed by atoms with van der Waals surface area (Å²) >= 11 is 1.35. The minimum Gasteiger partial charge on any atom is -0.347 e. The predicted molar refractivity (Wildman–Crippen MR) is 107 cm³/mol. The third-order valence-corrected chi connectivity index (χ3v) is 4.97. The van der Waals surface area contributed by atoms with Crippen molar-refractivity contribution in [3.05, 3.63) is 70.5 Å². The van der Waals surface area contributed by atoms with Gasteiger partial charge in [-0.25, -0.2) is 4.39 Å². The molecule has 0 saturated heterocycles. The topological polar surface area (TPSA) is 80.9 Å². The number of aromatic nitrogens is 2. The van der Waals surface area contributed by atoms with E-state index < -0.39 is 0 Å². The SMILES string of the molecule is CC(=O)NC(Cc1ccc(CN)cc1)c1nnc(-c2cccc(F)c2)s1.Cl. The first-order chi connectivity index (χ1) is 12.5. The molecule has 142 valence electrons. The predicted octanol–water partition coefficient (Wildman–Crippen LogP) is 3.64. The molecule has 27 heavy (non-hydrogen) atoms. The second-order valence-corrected chi connectivity index (χ2v) is 6.94. The highest BCUT2D eigenvalue weighted by Gasteiger charge is 2.19. The van der Waals surface area contributed by atoms with Gasteiger partial charge >= 0.3 is 0 Å². The molecule has 0 aliphatic rings. The van der Waals surface area contributed by atoms with Crippen molar-refractivity contribution in [1.82, 2.24) is 15.5 Å². The molecule has 1 amide bonds. The van der Waals surface area contributed by atoms with E-state index in [-0.39, 0.29) is 30.2 Å². The second-order valence-electron chi connectivity index (χ2n) is 5.93. The normalized spacial score (nSPS) is 11.5. The van der Waals surface area contributed by atoms with Crippen LogP contribution in [0.25, 0.3) is 10.6 Å². The number of carbonyl (C=O) groups is 1. The first kappa shape index (κ1) is 21.0. The molecule has 1 heterocycles. The van der Waals surface area contributed by atoms with Crippen LogP contribution in [-0.2, 0) is 17.8 Å². The molecular weight excluding hydrogens is 387 g/mol. The maximum Gasteiger partial charge on any atom is 0.217 e. The molecule has 3 aromatic rings. The van der Waals surface area contributed by atoms with Gasteiger partial charge < -0.3 is 11.1 Å². The Morgan fingerprint density at radius 1 is 1.19 bits per heavy atom. The number of amides is 1. The minimum atomic E-state index is -0.322. The number of rotatable bonds is 6. The fourth-order valence-electron chi connectivity index (χ4n) is 2.61. The van der Waals surface area contributed by atoms with Gasteiger partial charge in [0.2, 0.25) is 5.91 Å². The number of nitrogens with two attached hydrogens (primary N) is 1. The van der Waals surface area contributed by atoms with Crippen LogP contribution < -0.4 is 11.1 Å². The van der Waals surface area contributed by atoms with Crippen LogP contribution in [0.3, 0.4) is 0 Å². The Morgan fingerprint density at radius 3 is 2.52 bits per heavy atom. The molecule has 1 atom stereocenters. The van der Waals surface area contributed by atoms with Crippen LogP contribution >= 0.6 is 23.7 Å². The summed E-state index contributed by atoms with van der Waals surface area (Å²) in [4.78, 5) is 11.6. The van der Waals surface area contributed by atoms with E-state index in [1.807, 2.05) is 24.3 Å². The number of nitrogens with zero attached hydrogens (tertiary/aromatic N) is 2. The molecule has 0 saturated carbocycles. The zero-order chi connectivity index (χ0) is 18.5. The van der Waals surface area contributed by atoms with Crippen molar-refractivity contribution in [2.45, 2.75) is 25.9 Å². The van der Waals surface area contributed by atoms with Gasteiger partial charge in [-0.05, 0) is 29.7 Å². The van der Waals surface area contributed by atoms with Crippen LogP contribution in [0.15, 0.2) is 48.5 Å². The Labute approximate surface area is 167 Å². The molecule has 0 radical (unpaired) electrons. The Bertz CT molecular complexity index is 901. The summed E-state index contributed by atoms with van der Waals surface area (Å²) < 4.78 is 13.4. The van der Waals surface area contributed by atoms with Crippen molar-refractivity contribution in [3.8, 4) is 10.6 Å². The van der Waals surface area contributed by atoms with Crippen molar-refractivity contribution < 1.29 is 9.18 Å². The number of halogens is 2. The summed E-state index contributed by atoms with van der Waals surface area (Å²) in [5.74, 6) is -0.464. The average molecular weight is 407 g/mol. The van der Waals surface area contributed by atoms with Gasteiger partial charge in [-0.15, -0.1) is 22.6 Å². The lowest BCUT2D eigenvalue weighted by molar-refractivity contribution is -0.119. The smallest absolute Gasteiger partial charge is 0.217 e. The lowest BCUT2D eigenvalue weighted by Crippen LogP contribution is -2.27. The van der Waals surface area contributed by atoms with E-state index in [4.69, 9.17) is 5.73 Å². The number of hydrogen-bond donors (Lipinski definition) is 2.